The van der Waals surface area contributed by atoms with Crippen molar-refractivity contribution in [3.8, 4) is 22.3 Å². The minimum absolute atomic E-state index is 0.0656. The van der Waals surface area contributed by atoms with Crippen molar-refractivity contribution < 1.29 is 13.2 Å². The largest absolute Gasteiger partial charge is 0.417 e. The van der Waals surface area contributed by atoms with Gasteiger partial charge in [-0.25, -0.2) is 0 Å². The van der Waals surface area contributed by atoms with Crippen molar-refractivity contribution in [2.75, 3.05) is 0 Å². The van der Waals surface area contributed by atoms with Gasteiger partial charge in [0.05, 0.1) is 5.56 Å². The predicted molar refractivity (Wildman–Crippen MR) is 90.0 cm³/mol. The van der Waals surface area contributed by atoms with E-state index < -0.39 is 11.7 Å². The molecule has 0 nitrogen and oxygen atoms in total. The van der Waals surface area contributed by atoms with Crippen LogP contribution in [0.25, 0.3) is 22.3 Å². The van der Waals surface area contributed by atoms with E-state index in [4.69, 9.17) is 0 Å². The quantitative estimate of drug-likeness (QED) is 0.461. The second-order valence-corrected chi connectivity index (χ2v) is 5.91. The molecular formula is C19H12BrF3. The average Bonchev–Trinajstić information content (AvgIpc) is 2.55. The van der Waals surface area contributed by atoms with Gasteiger partial charge in [0.15, 0.2) is 0 Å². The molecule has 0 spiro atoms. The van der Waals surface area contributed by atoms with Crippen LogP contribution in [0.3, 0.4) is 0 Å². The zero-order valence-electron chi connectivity index (χ0n) is 11.9. The Kier molecular flexibility index (Phi) is 4.26. The molecule has 0 aromatic heterocycles. The van der Waals surface area contributed by atoms with E-state index in [9.17, 15) is 13.2 Å². The zero-order valence-corrected chi connectivity index (χ0v) is 13.5. The Balaban J connectivity index is 2.27. The topological polar surface area (TPSA) is 0 Å². The molecule has 0 aliphatic heterocycles. The number of alkyl halides is 3. The van der Waals surface area contributed by atoms with Crippen LogP contribution in [0.2, 0.25) is 0 Å². The molecule has 0 heterocycles. The van der Waals surface area contributed by atoms with E-state index in [2.05, 4.69) is 15.9 Å². The normalized spacial score (nSPS) is 11.5. The highest BCUT2D eigenvalue weighted by atomic mass is 79.9. The number of halogens is 4. The van der Waals surface area contributed by atoms with Crippen molar-refractivity contribution in [1.82, 2.24) is 0 Å². The number of rotatable bonds is 2. The molecular weight excluding hydrogens is 365 g/mol. The summed E-state index contributed by atoms with van der Waals surface area (Å²) in [6.45, 7) is 0. The first-order chi connectivity index (χ1) is 11.0. The molecule has 0 bridgehead atoms. The van der Waals surface area contributed by atoms with Gasteiger partial charge in [-0.15, -0.1) is 0 Å². The van der Waals surface area contributed by atoms with Gasteiger partial charge in [-0.05, 0) is 50.3 Å². The van der Waals surface area contributed by atoms with Gasteiger partial charge in [0.2, 0.25) is 0 Å². The van der Waals surface area contributed by atoms with E-state index in [1.807, 2.05) is 36.4 Å². The first-order valence-corrected chi connectivity index (χ1v) is 7.77. The van der Waals surface area contributed by atoms with E-state index >= 15 is 0 Å². The Morgan fingerprint density at radius 2 is 1.17 bits per heavy atom. The third-order valence-electron chi connectivity index (χ3n) is 3.57. The summed E-state index contributed by atoms with van der Waals surface area (Å²) in [6.07, 6.45) is -4.42. The number of benzene rings is 3. The lowest BCUT2D eigenvalue weighted by Crippen LogP contribution is -2.07. The summed E-state index contributed by atoms with van der Waals surface area (Å²) in [6, 6.07) is 21.1. The third-order valence-corrected chi connectivity index (χ3v) is 4.42. The fourth-order valence-electron chi connectivity index (χ4n) is 2.46. The Bertz CT molecular complexity index is 809. The molecule has 0 aliphatic rings. The van der Waals surface area contributed by atoms with Crippen LogP contribution in [0.4, 0.5) is 13.2 Å². The minimum atomic E-state index is -4.42. The summed E-state index contributed by atoms with van der Waals surface area (Å²) in [5.74, 6) is 0. The maximum atomic E-state index is 13.4. The SMILES string of the molecule is FC(F)(F)c1cc(-c2ccccc2)cc(-c2ccccc2)c1Br. The Labute approximate surface area is 140 Å². The van der Waals surface area contributed by atoms with E-state index in [0.717, 1.165) is 11.1 Å². The Morgan fingerprint density at radius 1 is 0.652 bits per heavy atom. The van der Waals surface area contributed by atoms with Crippen molar-refractivity contribution >= 4 is 15.9 Å². The van der Waals surface area contributed by atoms with E-state index in [1.165, 1.54) is 6.07 Å². The van der Waals surface area contributed by atoms with Crippen LogP contribution < -0.4 is 0 Å². The van der Waals surface area contributed by atoms with Gasteiger partial charge < -0.3 is 0 Å². The average molecular weight is 377 g/mol. The Morgan fingerprint density at radius 3 is 1.70 bits per heavy atom. The summed E-state index contributed by atoms with van der Waals surface area (Å²) in [7, 11) is 0. The molecule has 3 rings (SSSR count). The van der Waals surface area contributed by atoms with E-state index in [0.29, 0.717) is 11.1 Å². The van der Waals surface area contributed by atoms with Crippen LogP contribution >= 0.6 is 15.9 Å². The molecule has 23 heavy (non-hydrogen) atoms. The molecule has 0 saturated heterocycles. The first kappa shape index (κ1) is 15.8. The molecule has 0 unspecified atom stereocenters. The molecule has 3 aromatic carbocycles. The molecule has 0 aliphatic carbocycles. The zero-order chi connectivity index (χ0) is 16.4. The number of hydrogen-bond donors (Lipinski definition) is 0. The van der Waals surface area contributed by atoms with Crippen molar-refractivity contribution in [3.63, 3.8) is 0 Å². The van der Waals surface area contributed by atoms with Crippen LogP contribution in [0.5, 0.6) is 0 Å². The fraction of sp³-hybridized carbons (Fsp3) is 0.0526. The van der Waals surface area contributed by atoms with Crippen LogP contribution in [0.15, 0.2) is 77.3 Å². The monoisotopic (exact) mass is 376 g/mol. The van der Waals surface area contributed by atoms with Gasteiger partial charge in [0.1, 0.15) is 0 Å². The lowest BCUT2D eigenvalue weighted by atomic mass is 9.96. The summed E-state index contributed by atoms with van der Waals surface area (Å²) in [4.78, 5) is 0. The minimum Gasteiger partial charge on any atom is -0.166 e. The van der Waals surface area contributed by atoms with Gasteiger partial charge in [0, 0.05) is 4.47 Å². The lowest BCUT2D eigenvalue weighted by molar-refractivity contribution is -0.138. The van der Waals surface area contributed by atoms with Crippen LogP contribution in [-0.4, -0.2) is 0 Å². The molecule has 0 fully saturated rings. The highest BCUT2D eigenvalue weighted by Gasteiger charge is 2.34. The standard InChI is InChI=1S/C19H12BrF3/c20-18-16(14-9-5-2-6-10-14)11-15(12-17(18)19(21,22)23)13-7-3-1-4-8-13/h1-12H. The van der Waals surface area contributed by atoms with Crippen molar-refractivity contribution in [2.24, 2.45) is 0 Å². The summed E-state index contributed by atoms with van der Waals surface area (Å²) in [5, 5.41) is 0. The smallest absolute Gasteiger partial charge is 0.166 e. The molecule has 0 amide bonds. The molecule has 116 valence electrons. The van der Waals surface area contributed by atoms with Gasteiger partial charge in [-0.3, -0.25) is 0 Å². The van der Waals surface area contributed by atoms with Gasteiger partial charge in [0.25, 0.3) is 0 Å². The van der Waals surface area contributed by atoms with Gasteiger partial charge in [-0.1, -0.05) is 60.7 Å². The molecule has 0 atom stereocenters. The predicted octanol–water partition coefficient (Wildman–Crippen LogP) is 6.80. The van der Waals surface area contributed by atoms with Crippen LogP contribution in [0.1, 0.15) is 5.56 Å². The third kappa shape index (κ3) is 3.32. The molecule has 0 N–H and O–H groups in total. The molecule has 0 saturated carbocycles. The second-order valence-electron chi connectivity index (χ2n) is 5.12. The van der Waals surface area contributed by atoms with Crippen LogP contribution in [0, 0.1) is 0 Å². The van der Waals surface area contributed by atoms with Crippen molar-refractivity contribution in [2.45, 2.75) is 6.18 Å². The van der Waals surface area contributed by atoms with Crippen LogP contribution in [-0.2, 0) is 6.18 Å². The number of hydrogen-bond acceptors (Lipinski definition) is 0. The summed E-state index contributed by atoms with van der Waals surface area (Å²) in [5.41, 5.74) is 1.89. The molecule has 3 aromatic rings. The lowest BCUT2D eigenvalue weighted by Gasteiger charge is -2.16. The fourth-order valence-corrected chi connectivity index (χ4v) is 3.14. The highest BCUT2D eigenvalue weighted by molar-refractivity contribution is 9.10. The summed E-state index contributed by atoms with van der Waals surface area (Å²) < 4.78 is 40.3. The maximum Gasteiger partial charge on any atom is 0.417 e. The molecule has 4 heteroatoms. The van der Waals surface area contributed by atoms with Gasteiger partial charge >= 0.3 is 6.18 Å². The maximum absolute atomic E-state index is 13.4. The van der Waals surface area contributed by atoms with Gasteiger partial charge in [-0.2, -0.15) is 13.2 Å². The summed E-state index contributed by atoms with van der Waals surface area (Å²) >= 11 is 3.14. The van der Waals surface area contributed by atoms with Crippen molar-refractivity contribution in [3.05, 3.63) is 82.8 Å². The second kappa shape index (κ2) is 6.20. The highest BCUT2D eigenvalue weighted by Crippen LogP contribution is 2.42. The first-order valence-electron chi connectivity index (χ1n) is 6.98. The van der Waals surface area contributed by atoms with E-state index in [1.54, 1.807) is 30.3 Å². The van der Waals surface area contributed by atoms with E-state index in [-0.39, 0.29) is 4.47 Å². The van der Waals surface area contributed by atoms with Crippen molar-refractivity contribution in [1.29, 1.82) is 0 Å². The molecule has 0 radical (unpaired) electrons. The Hall–Kier alpha value is -2.07.